The highest BCUT2D eigenvalue weighted by molar-refractivity contribution is 7.84. The van der Waals surface area contributed by atoms with Crippen LogP contribution in [0.15, 0.2) is 71.2 Å². The second-order valence-corrected chi connectivity index (χ2v) is 19.7. The van der Waals surface area contributed by atoms with Crippen LogP contribution < -0.4 is 9.47 Å². The molecule has 0 saturated heterocycles. The first-order chi connectivity index (χ1) is 35.1. The van der Waals surface area contributed by atoms with Gasteiger partial charge in [-0.05, 0) is 103 Å². The maximum atomic E-state index is 14.2. The summed E-state index contributed by atoms with van der Waals surface area (Å²) in [6, 6.07) is 12.0. The lowest BCUT2D eigenvalue weighted by atomic mass is 10.2. The number of aryl methyl sites for hydroxylation is 2. The summed E-state index contributed by atoms with van der Waals surface area (Å²) in [6.07, 6.45) is -5.96. The van der Waals surface area contributed by atoms with Crippen molar-refractivity contribution in [1.82, 2.24) is 38.9 Å². The molecule has 25 heteroatoms. The number of hydrogen-bond donors (Lipinski definition) is 0. The van der Waals surface area contributed by atoms with Crippen LogP contribution in [0.4, 0.5) is 40.7 Å². The van der Waals surface area contributed by atoms with Crippen molar-refractivity contribution in [3.05, 3.63) is 94.6 Å². The number of aromatic nitrogens is 6. The second kappa shape index (κ2) is 25.1. The van der Waals surface area contributed by atoms with Gasteiger partial charge in [0.2, 0.25) is 10.3 Å². The molecule has 400 valence electrons. The van der Waals surface area contributed by atoms with Gasteiger partial charge in [0, 0.05) is 49.7 Å². The number of carbonyl (C=O) groups excluding carboxylic acids is 3. The van der Waals surface area contributed by atoms with E-state index in [1.807, 2.05) is 0 Å². The van der Waals surface area contributed by atoms with Crippen molar-refractivity contribution in [3.8, 4) is 11.5 Å². The average Bonchev–Trinajstić information content (AvgIpc) is 3.95. The lowest BCUT2D eigenvalue weighted by Gasteiger charge is -2.22. The van der Waals surface area contributed by atoms with E-state index in [1.165, 1.54) is 57.3 Å². The van der Waals surface area contributed by atoms with E-state index in [9.17, 15) is 49.1 Å². The van der Waals surface area contributed by atoms with Gasteiger partial charge in [0.1, 0.15) is 11.5 Å². The third-order valence-corrected chi connectivity index (χ3v) is 14.2. The van der Waals surface area contributed by atoms with Crippen LogP contribution >= 0.6 is 0 Å². The van der Waals surface area contributed by atoms with Crippen molar-refractivity contribution in [3.63, 3.8) is 0 Å². The monoisotopic (exact) mass is 1080 g/mol. The molecule has 0 N–H and O–H groups in total. The summed E-state index contributed by atoms with van der Waals surface area (Å²) < 4.78 is 128. The van der Waals surface area contributed by atoms with Gasteiger partial charge < -0.3 is 28.7 Å². The van der Waals surface area contributed by atoms with E-state index in [0.717, 1.165) is 11.1 Å². The molecule has 2 unspecified atom stereocenters. The molecular weight excluding hydrogens is 1020 g/mol. The number of benzene rings is 2. The molecule has 0 bridgehead atoms. The van der Waals surface area contributed by atoms with E-state index in [-0.39, 0.29) is 95.2 Å². The van der Waals surface area contributed by atoms with Gasteiger partial charge in [-0.1, -0.05) is 24.3 Å². The molecule has 4 aromatic heterocycles. The highest BCUT2D eigenvalue weighted by Crippen LogP contribution is 2.30. The molecule has 0 aliphatic heterocycles. The van der Waals surface area contributed by atoms with Crippen LogP contribution in [0.3, 0.4) is 0 Å². The number of fused-ring (bicyclic) bond motifs is 2. The molecule has 2 amide bonds. The molecule has 0 aliphatic rings. The quantitative estimate of drug-likeness (QED) is 0.0355. The third kappa shape index (κ3) is 14.4. The van der Waals surface area contributed by atoms with Gasteiger partial charge in [-0.15, -0.1) is 0 Å². The second-order valence-electron chi connectivity index (χ2n) is 17.0. The fraction of sp³-hybridized carbons (Fsp3) is 0.449. The third-order valence-electron chi connectivity index (χ3n) is 11.7. The first-order valence-electron chi connectivity index (χ1n) is 23.5. The Morgan fingerprint density at radius 1 is 0.595 bits per heavy atom. The van der Waals surface area contributed by atoms with E-state index in [2.05, 4.69) is 19.9 Å². The van der Waals surface area contributed by atoms with Gasteiger partial charge in [0.15, 0.2) is 13.2 Å². The summed E-state index contributed by atoms with van der Waals surface area (Å²) in [7, 11) is -3.96. The zero-order valence-electron chi connectivity index (χ0n) is 41.5. The van der Waals surface area contributed by atoms with Crippen molar-refractivity contribution in [1.29, 1.82) is 0 Å². The van der Waals surface area contributed by atoms with Crippen LogP contribution in [0.25, 0.3) is 22.1 Å². The normalized spacial score (nSPS) is 12.7. The Morgan fingerprint density at radius 3 is 1.35 bits per heavy atom. The SMILES string of the molecule is CCN(CCCCOC(=O)OCCCCN(CC)C(=O)n1c(S(=O)Cc2nccc(OCC(F)(F)F)c2C)nc2c(C)cccc21)C(=O)n1c(S(=O)Cc2nccc(OCC(F)(F)F)c2C)nc2c(C)cccc21. The minimum Gasteiger partial charge on any atom is -0.484 e. The molecular formula is C49H56F6N8O9S2. The predicted octanol–water partition coefficient (Wildman–Crippen LogP) is 9.90. The average molecular weight is 1080 g/mol. The Bertz CT molecular complexity index is 2820. The number of hydrogen-bond acceptors (Lipinski definition) is 13. The van der Waals surface area contributed by atoms with Crippen LogP contribution in [-0.4, -0.2) is 130 Å². The number of halogens is 6. The highest BCUT2D eigenvalue weighted by Gasteiger charge is 2.32. The van der Waals surface area contributed by atoms with Crippen LogP contribution in [0.2, 0.25) is 0 Å². The maximum Gasteiger partial charge on any atom is 0.508 e. The topological polar surface area (TPSA) is 190 Å². The Hall–Kier alpha value is -6.63. The molecule has 17 nitrogen and oxygen atoms in total. The molecule has 0 aliphatic carbocycles. The number of pyridine rings is 2. The number of para-hydroxylation sites is 2. The molecule has 2 atom stereocenters. The first-order valence-corrected chi connectivity index (χ1v) is 26.1. The van der Waals surface area contributed by atoms with Crippen molar-refractivity contribution in [2.24, 2.45) is 0 Å². The summed E-state index contributed by atoms with van der Waals surface area (Å²) in [4.78, 5) is 61.5. The Kier molecular flexibility index (Phi) is 19.2. The summed E-state index contributed by atoms with van der Waals surface area (Å²) in [5.74, 6) is -0.635. The van der Waals surface area contributed by atoms with Gasteiger partial charge in [-0.25, -0.2) is 33.5 Å². The Morgan fingerprint density at radius 2 is 0.986 bits per heavy atom. The van der Waals surface area contributed by atoms with Gasteiger partial charge in [0.25, 0.3) is 0 Å². The van der Waals surface area contributed by atoms with E-state index in [1.54, 1.807) is 64.1 Å². The molecule has 0 radical (unpaired) electrons. The number of alkyl halides is 6. The van der Waals surface area contributed by atoms with Crippen LogP contribution in [0.5, 0.6) is 11.5 Å². The number of carbonyl (C=O) groups is 3. The molecule has 0 fully saturated rings. The molecule has 74 heavy (non-hydrogen) atoms. The number of amides is 2. The van der Waals surface area contributed by atoms with E-state index in [0.29, 0.717) is 47.8 Å². The summed E-state index contributed by atoms with van der Waals surface area (Å²) >= 11 is 0. The predicted molar refractivity (Wildman–Crippen MR) is 262 cm³/mol. The smallest absolute Gasteiger partial charge is 0.484 e. The van der Waals surface area contributed by atoms with Crippen molar-refractivity contribution in [2.45, 2.75) is 101 Å². The van der Waals surface area contributed by atoms with Gasteiger partial charge in [-0.2, -0.15) is 26.3 Å². The highest BCUT2D eigenvalue weighted by atomic mass is 32.2. The maximum absolute atomic E-state index is 14.2. The molecule has 0 spiro atoms. The summed E-state index contributed by atoms with van der Waals surface area (Å²) in [5, 5.41) is -0.113. The molecule has 2 aromatic carbocycles. The number of rotatable bonds is 22. The minimum atomic E-state index is -4.56. The Balaban J connectivity index is 0.989. The first kappa shape index (κ1) is 56.7. The lowest BCUT2D eigenvalue weighted by Crippen LogP contribution is -2.36. The molecule has 0 saturated carbocycles. The van der Waals surface area contributed by atoms with Gasteiger partial charge >= 0.3 is 30.6 Å². The van der Waals surface area contributed by atoms with Gasteiger partial charge in [-0.3, -0.25) is 18.4 Å². The molecule has 6 rings (SSSR count). The number of unbranched alkanes of at least 4 members (excludes halogenated alkanes) is 2. The fourth-order valence-corrected chi connectivity index (χ4v) is 10.2. The van der Waals surface area contributed by atoms with Crippen molar-refractivity contribution >= 4 is 61.9 Å². The van der Waals surface area contributed by atoms with E-state index >= 15 is 0 Å². The number of imidazole rings is 2. The van der Waals surface area contributed by atoms with Crippen molar-refractivity contribution in [2.75, 3.05) is 52.6 Å². The summed E-state index contributed by atoms with van der Waals surface area (Å²) in [6.45, 7) is 8.11. The lowest BCUT2D eigenvalue weighted by molar-refractivity contribution is -0.154. The molecule has 6 aromatic rings. The number of nitrogens with zero attached hydrogens (tertiary/aromatic N) is 8. The van der Waals surface area contributed by atoms with E-state index in [4.69, 9.17) is 18.9 Å². The largest absolute Gasteiger partial charge is 0.508 e. The fourth-order valence-electron chi connectivity index (χ4n) is 7.75. The van der Waals surface area contributed by atoms with Crippen LogP contribution in [-0.2, 0) is 42.6 Å². The van der Waals surface area contributed by atoms with Crippen LogP contribution in [0, 0.1) is 27.7 Å². The van der Waals surface area contributed by atoms with Crippen LogP contribution in [0.1, 0.15) is 73.2 Å². The molecule has 4 heterocycles. The number of ether oxygens (including phenoxy) is 4. The van der Waals surface area contributed by atoms with Crippen molar-refractivity contribution < 1.29 is 68.1 Å². The van der Waals surface area contributed by atoms with Gasteiger partial charge in [0.05, 0.1) is 79.8 Å². The minimum absolute atomic E-state index is 0.0157. The zero-order chi connectivity index (χ0) is 53.9. The standard InChI is InChI=1S/C49H56F6N8O9S2/c1-7-60(45(64)62-37-17-13-15-31(3)41(37)58-43(62)73(67)27-35-33(5)39(19-21-56-35)71-29-48(50,51)52)23-9-11-25-69-47(66)70-26-12-10-24-61(8-2)46(65)63-38-18-14-16-32(4)42(38)59-44(63)74(68)28-36-34(6)40(20-22-57-36)72-30-49(53,54)55/h13-22H,7-12,23-30H2,1-6H3. The Labute approximate surface area is 427 Å². The summed E-state index contributed by atoms with van der Waals surface area (Å²) in [5.41, 5.74) is 4.17. The zero-order valence-corrected chi connectivity index (χ0v) is 43.1. The van der Waals surface area contributed by atoms with E-state index < -0.39 is 65.4 Å².